The van der Waals surface area contributed by atoms with Gasteiger partial charge in [-0.15, -0.1) is 0 Å². The second-order valence-corrected chi connectivity index (χ2v) is 2.93. The Hall–Kier alpha value is -0.680. The zero-order chi connectivity index (χ0) is 6.72. The molecule has 0 spiro atoms. The average Bonchev–Trinajstić information content (AvgIpc) is 2.36. The van der Waals surface area contributed by atoms with Gasteiger partial charge in [0.05, 0.1) is 0 Å². The summed E-state index contributed by atoms with van der Waals surface area (Å²) in [5, 5.41) is 12.2. The van der Waals surface area contributed by atoms with E-state index < -0.39 is 0 Å². The van der Waals surface area contributed by atoms with Crippen LogP contribution in [0.5, 0.6) is 0 Å². The highest BCUT2D eigenvalue weighted by Crippen LogP contribution is 2.38. The van der Waals surface area contributed by atoms with Crippen LogP contribution in [0.3, 0.4) is 0 Å². The Morgan fingerprint density at radius 1 is 1.30 bits per heavy atom. The maximum Gasteiger partial charge on any atom is 0.154 e. The van der Waals surface area contributed by atoms with E-state index in [0.717, 1.165) is 0 Å². The van der Waals surface area contributed by atoms with Crippen molar-refractivity contribution in [1.29, 1.82) is 0 Å². The first-order valence-corrected chi connectivity index (χ1v) is 3.64. The molecular formula is C5H10N4O. The van der Waals surface area contributed by atoms with Crippen LogP contribution >= 0.6 is 0 Å². The summed E-state index contributed by atoms with van der Waals surface area (Å²) in [7, 11) is 0. The summed E-state index contributed by atoms with van der Waals surface area (Å²) < 4.78 is 0. The smallest absolute Gasteiger partial charge is 0.154 e. The molecule has 5 nitrogen and oxygen atoms in total. The van der Waals surface area contributed by atoms with Crippen LogP contribution in [0.2, 0.25) is 0 Å². The topological polar surface area (TPSA) is 47.0 Å². The first-order chi connectivity index (χ1) is 4.92. The minimum atomic E-state index is 0.120. The molecule has 2 aliphatic rings. The minimum Gasteiger partial charge on any atom is -0.373 e. The summed E-state index contributed by atoms with van der Waals surface area (Å²) >= 11 is 0. The molecule has 2 atom stereocenters. The van der Waals surface area contributed by atoms with Crippen molar-refractivity contribution in [3.05, 3.63) is 0 Å². The average molecular weight is 142 g/mol. The largest absolute Gasteiger partial charge is 0.373 e. The Morgan fingerprint density at radius 2 is 1.90 bits per heavy atom. The van der Waals surface area contributed by atoms with Crippen LogP contribution in [0.1, 0.15) is 25.2 Å². The van der Waals surface area contributed by atoms with Gasteiger partial charge in [-0.05, 0) is 12.8 Å². The molecule has 1 saturated heterocycles. The van der Waals surface area contributed by atoms with Crippen LogP contribution in [0.4, 0.5) is 0 Å². The van der Waals surface area contributed by atoms with E-state index in [1.54, 1.807) is 0 Å². The predicted octanol–water partition coefficient (Wildman–Crippen LogP) is -0.565. The third kappa shape index (κ3) is 0.365. The zero-order valence-corrected chi connectivity index (χ0v) is 5.56. The van der Waals surface area contributed by atoms with Crippen LogP contribution in [0.25, 0.3) is 0 Å². The van der Waals surface area contributed by atoms with Gasteiger partial charge < -0.3 is 5.11 Å². The van der Waals surface area contributed by atoms with Crippen molar-refractivity contribution in [3.8, 4) is 0 Å². The number of rotatable bonds is 1. The molecule has 56 valence electrons. The van der Waals surface area contributed by atoms with E-state index in [1.165, 1.54) is 12.8 Å². The fourth-order valence-corrected chi connectivity index (χ4v) is 1.98. The molecule has 0 radical (unpaired) electrons. The molecule has 10 heavy (non-hydrogen) atoms. The van der Waals surface area contributed by atoms with Gasteiger partial charge in [0.2, 0.25) is 0 Å². The second kappa shape index (κ2) is 1.33. The molecule has 1 fully saturated rings. The van der Waals surface area contributed by atoms with Gasteiger partial charge in [0.1, 0.15) is 12.3 Å². The van der Waals surface area contributed by atoms with E-state index >= 15 is 0 Å². The fourth-order valence-electron chi connectivity index (χ4n) is 1.98. The monoisotopic (exact) mass is 142 g/mol. The Labute approximate surface area is 57.8 Å². The van der Waals surface area contributed by atoms with Crippen LogP contribution in [-0.4, -0.2) is 19.5 Å². The number of hydrogen-bond acceptors (Lipinski definition) is 2. The molecule has 2 bridgehead atoms. The molecule has 3 rings (SSSR count). The van der Waals surface area contributed by atoms with Gasteiger partial charge in [0.15, 0.2) is 6.73 Å². The number of nitrogens with zero attached hydrogens (tertiary/aromatic N) is 3. The van der Waals surface area contributed by atoms with Gasteiger partial charge in [0, 0.05) is 0 Å². The lowest BCUT2D eigenvalue weighted by Gasteiger charge is -2.01. The van der Waals surface area contributed by atoms with Gasteiger partial charge in [-0.25, -0.2) is 0 Å². The zero-order valence-electron chi connectivity index (χ0n) is 5.56. The molecule has 5 heteroatoms. The molecule has 0 amide bonds. The molecule has 3 heterocycles. The summed E-state index contributed by atoms with van der Waals surface area (Å²) in [5.74, 6) is 0. The first kappa shape index (κ1) is 5.03. The molecule has 1 aromatic heterocycles. The van der Waals surface area contributed by atoms with Crippen molar-refractivity contribution in [3.63, 3.8) is 0 Å². The summed E-state index contributed by atoms with van der Waals surface area (Å²) in [6.45, 7) is 0.120. The maximum atomic E-state index is 8.79. The Bertz CT molecular complexity index is 235. The lowest BCUT2D eigenvalue weighted by atomic mass is 10.3. The minimum absolute atomic E-state index is 0.120. The highest BCUT2D eigenvalue weighted by atomic mass is 16.3. The Morgan fingerprint density at radius 3 is 2.40 bits per heavy atom. The first-order valence-electron chi connectivity index (χ1n) is 3.64. The van der Waals surface area contributed by atoms with E-state index in [4.69, 9.17) is 5.11 Å². The SMILES string of the molecule is OCn1n2n1C1CCC2N1. The Balaban J connectivity index is 2.03. The van der Waals surface area contributed by atoms with Crippen molar-refractivity contribution in [2.24, 2.45) is 0 Å². The van der Waals surface area contributed by atoms with Gasteiger partial charge >= 0.3 is 0 Å². The van der Waals surface area contributed by atoms with Crippen molar-refractivity contribution in [2.45, 2.75) is 31.9 Å². The summed E-state index contributed by atoms with van der Waals surface area (Å²) in [4.78, 5) is 6.02. The Kier molecular flexibility index (Phi) is 0.669. The molecule has 0 aliphatic carbocycles. The number of nitrogens with one attached hydrogen (secondary N) is 1. The number of hydrogen-bond donors (Lipinski definition) is 2. The number of aromatic nitrogens is 3. The van der Waals surface area contributed by atoms with E-state index in [0.29, 0.717) is 12.3 Å². The molecule has 2 aliphatic heterocycles. The molecule has 2 N–H and O–H groups in total. The third-order valence-corrected chi connectivity index (χ3v) is 2.43. The van der Waals surface area contributed by atoms with Gasteiger partial charge in [-0.3, -0.25) is 5.32 Å². The third-order valence-electron chi connectivity index (χ3n) is 2.43. The van der Waals surface area contributed by atoms with Crippen molar-refractivity contribution < 1.29 is 5.11 Å². The van der Waals surface area contributed by atoms with E-state index in [9.17, 15) is 0 Å². The fraction of sp³-hybridized carbons (Fsp3) is 1.00. The van der Waals surface area contributed by atoms with Gasteiger partial charge in [-0.1, -0.05) is 0 Å². The molecule has 0 saturated carbocycles. The summed E-state index contributed by atoms with van der Waals surface area (Å²) in [5.41, 5.74) is 0. The van der Waals surface area contributed by atoms with Crippen LogP contribution in [0, 0.1) is 0 Å². The van der Waals surface area contributed by atoms with E-state index in [1.807, 2.05) is 4.80 Å². The van der Waals surface area contributed by atoms with Gasteiger partial charge in [0.25, 0.3) is 0 Å². The van der Waals surface area contributed by atoms with E-state index in [-0.39, 0.29) is 6.73 Å². The standard InChI is InChI=1S/C5H10N4O/c10-3-7-8-4-1-2-5(6-4)9(7)8/h4-6,10H,1-3H2. The maximum absolute atomic E-state index is 8.79. The lowest BCUT2D eigenvalue weighted by Crippen LogP contribution is -2.18. The quantitative estimate of drug-likeness (QED) is 0.552. The lowest BCUT2D eigenvalue weighted by molar-refractivity contribution is 0.181. The van der Waals surface area contributed by atoms with Crippen molar-refractivity contribution in [2.75, 3.05) is 0 Å². The summed E-state index contributed by atoms with van der Waals surface area (Å²) in [6, 6.07) is 0. The highest BCUT2D eigenvalue weighted by Gasteiger charge is 2.44. The molecular weight excluding hydrogens is 132 g/mol. The summed E-state index contributed by atoms with van der Waals surface area (Å²) in [6.07, 6.45) is 3.35. The molecule has 2 unspecified atom stereocenters. The van der Waals surface area contributed by atoms with Crippen molar-refractivity contribution in [1.82, 2.24) is 19.7 Å². The highest BCUT2D eigenvalue weighted by molar-refractivity contribution is 4.87. The van der Waals surface area contributed by atoms with E-state index in [2.05, 4.69) is 14.9 Å². The number of fused-ring (bicyclic) bond motifs is 5. The van der Waals surface area contributed by atoms with Gasteiger partial charge in [-0.2, -0.15) is 14.4 Å². The number of aliphatic hydroxyl groups excluding tert-OH is 1. The van der Waals surface area contributed by atoms with Crippen LogP contribution in [0.15, 0.2) is 0 Å². The van der Waals surface area contributed by atoms with Crippen LogP contribution in [-0.2, 0) is 6.73 Å². The van der Waals surface area contributed by atoms with Crippen LogP contribution < -0.4 is 5.32 Å². The molecule has 1 aromatic rings. The predicted molar refractivity (Wildman–Crippen MR) is 33.1 cm³/mol. The van der Waals surface area contributed by atoms with Crippen molar-refractivity contribution >= 4 is 0 Å². The second-order valence-electron chi connectivity index (χ2n) is 2.93. The normalized spacial score (nSPS) is 35.7. The number of aliphatic hydroxyl groups is 1. The molecule has 0 aromatic carbocycles.